The van der Waals surface area contributed by atoms with Gasteiger partial charge in [-0.05, 0) is 25.5 Å². The van der Waals surface area contributed by atoms with Gasteiger partial charge in [-0.15, -0.1) is 0 Å². The van der Waals surface area contributed by atoms with E-state index in [9.17, 15) is 0 Å². The number of nitrogens with two attached hydrogens (primary N) is 1. The van der Waals surface area contributed by atoms with Gasteiger partial charge in [-0.25, -0.2) is 4.98 Å². The highest BCUT2D eigenvalue weighted by Crippen LogP contribution is 2.29. The third-order valence-electron chi connectivity index (χ3n) is 2.69. The molecule has 0 saturated carbocycles. The third-order valence-corrected chi connectivity index (χ3v) is 3.49. The standard InChI is InChI=1S/C13H15BrClN3/c1-8(16)2-5-13-17-7-12(18-13)10-4-3-9(14)6-11(10)15/h3-4,6-8H,2,5,16H2,1H3,(H,17,18). The summed E-state index contributed by atoms with van der Waals surface area (Å²) in [5.74, 6) is 0.946. The number of imidazole rings is 1. The van der Waals surface area contributed by atoms with E-state index in [4.69, 9.17) is 17.3 Å². The molecule has 1 unspecified atom stereocenters. The summed E-state index contributed by atoms with van der Waals surface area (Å²) >= 11 is 9.59. The van der Waals surface area contributed by atoms with E-state index in [1.165, 1.54) is 0 Å². The molecule has 0 saturated heterocycles. The molecule has 0 aliphatic carbocycles. The second-order valence-corrected chi connectivity index (χ2v) is 5.71. The number of benzene rings is 1. The number of rotatable bonds is 4. The maximum Gasteiger partial charge on any atom is 0.106 e. The average molecular weight is 329 g/mol. The van der Waals surface area contributed by atoms with Gasteiger partial charge in [0.1, 0.15) is 5.82 Å². The highest BCUT2D eigenvalue weighted by molar-refractivity contribution is 9.10. The molecule has 0 aliphatic heterocycles. The minimum absolute atomic E-state index is 0.190. The second kappa shape index (κ2) is 5.87. The number of aromatic nitrogens is 2. The van der Waals surface area contributed by atoms with Gasteiger partial charge < -0.3 is 10.7 Å². The van der Waals surface area contributed by atoms with Gasteiger partial charge in [0.2, 0.25) is 0 Å². The van der Waals surface area contributed by atoms with Crippen molar-refractivity contribution in [3.05, 3.63) is 39.7 Å². The van der Waals surface area contributed by atoms with Crippen LogP contribution in [0.15, 0.2) is 28.9 Å². The molecule has 1 heterocycles. The molecule has 0 radical (unpaired) electrons. The topological polar surface area (TPSA) is 54.7 Å². The monoisotopic (exact) mass is 327 g/mol. The number of hydrogen-bond acceptors (Lipinski definition) is 2. The third kappa shape index (κ3) is 3.34. The minimum atomic E-state index is 0.190. The van der Waals surface area contributed by atoms with Crippen molar-refractivity contribution in [2.45, 2.75) is 25.8 Å². The molecule has 18 heavy (non-hydrogen) atoms. The molecule has 0 bridgehead atoms. The zero-order valence-corrected chi connectivity index (χ0v) is 12.4. The molecule has 0 amide bonds. The number of nitrogens with zero attached hydrogens (tertiary/aromatic N) is 1. The lowest BCUT2D eigenvalue weighted by Gasteiger charge is -2.03. The van der Waals surface area contributed by atoms with Crippen LogP contribution in [0.2, 0.25) is 5.02 Å². The zero-order chi connectivity index (χ0) is 13.1. The predicted molar refractivity (Wildman–Crippen MR) is 78.7 cm³/mol. The Hall–Kier alpha value is -0.840. The Labute approximate surface area is 120 Å². The fourth-order valence-electron chi connectivity index (χ4n) is 1.70. The van der Waals surface area contributed by atoms with Crippen molar-refractivity contribution >= 4 is 27.5 Å². The Kier molecular flexibility index (Phi) is 4.43. The fourth-order valence-corrected chi connectivity index (χ4v) is 2.47. The molecule has 3 N–H and O–H groups in total. The molecule has 0 spiro atoms. The molecule has 1 atom stereocenters. The van der Waals surface area contributed by atoms with E-state index in [2.05, 4.69) is 25.9 Å². The molecular formula is C13H15BrClN3. The normalized spacial score (nSPS) is 12.7. The first-order valence-corrected chi connectivity index (χ1v) is 6.98. The van der Waals surface area contributed by atoms with Crippen LogP contribution < -0.4 is 5.73 Å². The Morgan fingerprint density at radius 1 is 1.50 bits per heavy atom. The number of H-pyrrole nitrogens is 1. The summed E-state index contributed by atoms with van der Waals surface area (Å²) in [6, 6.07) is 5.99. The SMILES string of the molecule is CC(N)CCc1ncc(-c2ccc(Br)cc2Cl)[nH]1. The maximum absolute atomic E-state index is 6.20. The lowest BCUT2D eigenvalue weighted by atomic mass is 10.2. The zero-order valence-electron chi connectivity index (χ0n) is 10.1. The average Bonchev–Trinajstić information content (AvgIpc) is 2.75. The van der Waals surface area contributed by atoms with Crippen LogP contribution in [-0.4, -0.2) is 16.0 Å². The van der Waals surface area contributed by atoms with Crippen LogP contribution in [0.3, 0.4) is 0 Å². The summed E-state index contributed by atoms with van der Waals surface area (Å²) in [6.07, 6.45) is 3.58. The van der Waals surface area contributed by atoms with E-state index in [1.807, 2.05) is 31.3 Å². The van der Waals surface area contributed by atoms with Gasteiger partial charge in [-0.2, -0.15) is 0 Å². The van der Waals surface area contributed by atoms with E-state index in [-0.39, 0.29) is 6.04 Å². The van der Waals surface area contributed by atoms with Gasteiger partial charge in [0.05, 0.1) is 16.9 Å². The summed E-state index contributed by atoms with van der Waals surface area (Å²) in [5.41, 5.74) is 7.63. The van der Waals surface area contributed by atoms with Gasteiger partial charge in [0.25, 0.3) is 0 Å². The molecule has 2 rings (SSSR count). The van der Waals surface area contributed by atoms with Crippen LogP contribution in [0.5, 0.6) is 0 Å². The first kappa shape index (κ1) is 13.6. The van der Waals surface area contributed by atoms with Crippen molar-refractivity contribution in [3.8, 4) is 11.3 Å². The molecule has 2 aromatic rings. The first-order chi connectivity index (χ1) is 8.56. The first-order valence-electron chi connectivity index (χ1n) is 5.81. The summed E-state index contributed by atoms with van der Waals surface area (Å²) in [5, 5.41) is 0.701. The highest BCUT2D eigenvalue weighted by atomic mass is 79.9. The number of aromatic amines is 1. The lowest BCUT2D eigenvalue weighted by Crippen LogP contribution is -2.15. The Bertz CT molecular complexity index is 537. The molecule has 0 fully saturated rings. The lowest BCUT2D eigenvalue weighted by molar-refractivity contribution is 0.652. The molecule has 96 valence electrons. The van der Waals surface area contributed by atoms with Crippen molar-refractivity contribution in [3.63, 3.8) is 0 Å². The largest absolute Gasteiger partial charge is 0.342 e. The summed E-state index contributed by atoms with van der Waals surface area (Å²) in [4.78, 5) is 7.63. The van der Waals surface area contributed by atoms with E-state index < -0.39 is 0 Å². The molecule has 0 aliphatic rings. The molecule has 1 aromatic heterocycles. The minimum Gasteiger partial charge on any atom is -0.342 e. The van der Waals surface area contributed by atoms with Crippen LogP contribution in [0, 0.1) is 0 Å². The van der Waals surface area contributed by atoms with Crippen LogP contribution in [0.1, 0.15) is 19.2 Å². The Morgan fingerprint density at radius 2 is 2.28 bits per heavy atom. The van der Waals surface area contributed by atoms with Gasteiger partial charge in [0.15, 0.2) is 0 Å². The Balaban J connectivity index is 2.18. The van der Waals surface area contributed by atoms with Crippen LogP contribution in [0.4, 0.5) is 0 Å². The molecule has 5 heteroatoms. The van der Waals surface area contributed by atoms with Crippen molar-refractivity contribution in [1.82, 2.24) is 9.97 Å². The van der Waals surface area contributed by atoms with E-state index in [0.29, 0.717) is 5.02 Å². The molecule has 1 aromatic carbocycles. The number of nitrogens with one attached hydrogen (secondary N) is 1. The highest BCUT2D eigenvalue weighted by Gasteiger charge is 2.08. The molecule has 3 nitrogen and oxygen atoms in total. The number of aryl methyl sites for hydroxylation is 1. The quantitative estimate of drug-likeness (QED) is 0.897. The van der Waals surface area contributed by atoms with Gasteiger partial charge in [0, 0.05) is 22.5 Å². The molecular weight excluding hydrogens is 314 g/mol. The van der Waals surface area contributed by atoms with Crippen LogP contribution in [0.25, 0.3) is 11.3 Å². The maximum atomic E-state index is 6.20. The summed E-state index contributed by atoms with van der Waals surface area (Å²) in [6.45, 7) is 2.00. The van der Waals surface area contributed by atoms with E-state index in [1.54, 1.807) is 0 Å². The van der Waals surface area contributed by atoms with Gasteiger partial charge in [-0.1, -0.05) is 33.6 Å². The van der Waals surface area contributed by atoms with Crippen LogP contribution >= 0.6 is 27.5 Å². The predicted octanol–water partition coefficient (Wildman–Crippen LogP) is 3.77. The van der Waals surface area contributed by atoms with E-state index >= 15 is 0 Å². The number of halogens is 2. The summed E-state index contributed by atoms with van der Waals surface area (Å²) in [7, 11) is 0. The van der Waals surface area contributed by atoms with Crippen LogP contribution in [-0.2, 0) is 6.42 Å². The van der Waals surface area contributed by atoms with Crippen molar-refractivity contribution in [1.29, 1.82) is 0 Å². The Morgan fingerprint density at radius 3 is 2.94 bits per heavy atom. The number of hydrogen-bond donors (Lipinski definition) is 2. The van der Waals surface area contributed by atoms with Crippen molar-refractivity contribution in [2.24, 2.45) is 5.73 Å². The van der Waals surface area contributed by atoms with Crippen molar-refractivity contribution < 1.29 is 0 Å². The fraction of sp³-hybridized carbons (Fsp3) is 0.308. The van der Waals surface area contributed by atoms with Gasteiger partial charge >= 0.3 is 0 Å². The van der Waals surface area contributed by atoms with Crippen molar-refractivity contribution in [2.75, 3.05) is 0 Å². The summed E-state index contributed by atoms with van der Waals surface area (Å²) < 4.78 is 0.966. The second-order valence-electron chi connectivity index (χ2n) is 4.38. The van der Waals surface area contributed by atoms with Gasteiger partial charge in [-0.3, -0.25) is 0 Å². The smallest absolute Gasteiger partial charge is 0.106 e. The van der Waals surface area contributed by atoms with E-state index in [0.717, 1.165) is 34.4 Å².